The van der Waals surface area contributed by atoms with Crippen molar-refractivity contribution in [3.05, 3.63) is 48.2 Å². The SMILES string of the molecule is CCNCc1nccc(-c2ccccc2F)n1. The fourth-order valence-corrected chi connectivity index (χ4v) is 1.54. The van der Waals surface area contributed by atoms with Gasteiger partial charge in [-0.05, 0) is 24.7 Å². The Balaban J connectivity index is 2.30. The first-order valence-electron chi connectivity index (χ1n) is 5.59. The summed E-state index contributed by atoms with van der Waals surface area (Å²) in [6.45, 7) is 3.47. The van der Waals surface area contributed by atoms with Crippen molar-refractivity contribution >= 4 is 0 Å². The molecule has 1 heterocycles. The minimum Gasteiger partial charge on any atom is -0.310 e. The van der Waals surface area contributed by atoms with Crippen LogP contribution in [0.3, 0.4) is 0 Å². The van der Waals surface area contributed by atoms with Crippen molar-refractivity contribution < 1.29 is 4.39 Å². The molecule has 3 nitrogen and oxygen atoms in total. The summed E-state index contributed by atoms with van der Waals surface area (Å²) in [5, 5.41) is 3.14. The van der Waals surface area contributed by atoms with Gasteiger partial charge in [0.2, 0.25) is 0 Å². The lowest BCUT2D eigenvalue weighted by Crippen LogP contribution is -2.14. The van der Waals surface area contributed by atoms with E-state index in [0.717, 1.165) is 6.54 Å². The zero-order valence-corrected chi connectivity index (χ0v) is 9.65. The van der Waals surface area contributed by atoms with Gasteiger partial charge in [0.05, 0.1) is 12.2 Å². The van der Waals surface area contributed by atoms with Gasteiger partial charge in [0, 0.05) is 11.8 Å². The summed E-state index contributed by atoms with van der Waals surface area (Å²) in [5.74, 6) is 0.410. The van der Waals surface area contributed by atoms with E-state index in [9.17, 15) is 4.39 Å². The van der Waals surface area contributed by atoms with Crippen molar-refractivity contribution in [3.8, 4) is 11.3 Å². The van der Waals surface area contributed by atoms with Crippen LogP contribution in [0.25, 0.3) is 11.3 Å². The van der Waals surface area contributed by atoms with Crippen LogP contribution in [-0.2, 0) is 6.54 Å². The van der Waals surface area contributed by atoms with E-state index in [-0.39, 0.29) is 5.82 Å². The van der Waals surface area contributed by atoms with Gasteiger partial charge in [0.15, 0.2) is 0 Å². The van der Waals surface area contributed by atoms with Crippen molar-refractivity contribution in [2.45, 2.75) is 13.5 Å². The number of halogens is 1. The lowest BCUT2D eigenvalue weighted by molar-refractivity contribution is 0.630. The fourth-order valence-electron chi connectivity index (χ4n) is 1.54. The number of hydrogen-bond donors (Lipinski definition) is 1. The third-order valence-electron chi connectivity index (χ3n) is 2.39. The first kappa shape index (κ1) is 11.7. The van der Waals surface area contributed by atoms with Crippen LogP contribution in [0.4, 0.5) is 4.39 Å². The Hall–Kier alpha value is -1.81. The molecule has 0 amide bonds. The maximum Gasteiger partial charge on any atom is 0.142 e. The highest BCUT2D eigenvalue weighted by Crippen LogP contribution is 2.19. The van der Waals surface area contributed by atoms with E-state index >= 15 is 0 Å². The topological polar surface area (TPSA) is 37.8 Å². The second-order valence-electron chi connectivity index (χ2n) is 3.62. The average molecular weight is 231 g/mol. The van der Waals surface area contributed by atoms with Gasteiger partial charge in [-0.3, -0.25) is 0 Å². The first-order chi connectivity index (χ1) is 8.31. The summed E-state index contributed by atoms with van der Waals surface area (Å²) in [6, 6.07) is 8.33. The van der Waals surface area contributed by atoms with Crippen LogP contribution < -0.4 is 5.32 Å². The number of nitrogens with zero attached hydrogens (tertiary/aromatic N) is 2. The molecule has 1 aromatic heterocycles. The number of rotatable bonds is 4. The molecule has 0 unspecified atom stereocenters. The third-order valence-corrected chi connectivity index (χ3v) is 2.39. The van der Waals surface area contributed by atoms with E-state index in [4.69, 9.17) is 0 Å². The Bertz CT molecular complexity index is 500. The van der Waals surface area contributed by atoms with Gasteiger partial charge in [0.1, 0.15) is 11.6 Å². The number of hydrogen-bond acceptors (Lipinski definition) is 3. The smallest absolute Gasteiger partial charge is 0.142 e. The molecule has 0 aliphatic heterocycles. The zero-order valence-electron chi connectivity index (χ0n) is 9.65. The van der Waals surface area contributed by atoms with Crippen LogP contribution in [0.1, 0.15) is 12.7 Å². The molecule has 0 radical (unpaired) electrons. The van der Waals surface area contributed by atoms with E-state index in [2.05, 4.69) is 15.3 Å². The van der Waals surface area contributed by atoms with Gasteiger partial charge in [-0.1, -0.05) is 19.1 Å². The Labute approximate surface area is 99.7 Å². The number of aromatic nitrogens is 2. The van der Waals surface area contributed by atoms with Crippen molar-refractivity contribution in [3.63, 3.8) is 0 Å². The fraction of sp³-hybridized carbons (Fsp3) is 0.231. The molecule has 0 aliphatic carbocycles. The molecule has 4 heteroatoms. The van der Waals surface area contributed by atoms with E-state index in [0.29, 0.717) is 23.6 Å². The first-order valence-corrected chi connectivity index (χ1v) is 5.59. The van der Waals surface area contributed by atoms with Crippen molar-refractivity contribution in [2.75, 3.05) is 6.54 Å². The maximum atomic E-state index is 13.6. The summed E-state index contributed by atoms with van der Waals surface area (Å²) in [5.41, 5.74) is 1.12. The van der Waals surface area contributed by atoms with Gasteiger partial charge in [-0.15, -0.1) is 0 Å². The van der Waals surface area contributed by atoms with Crippen molar-refractivity contribution in [2.24, 2.45) is 0 Å². The summed E-state index contributed by atoms with van der Waals surface area (Å²) >= 11 is 0. The Morgan fingerprint density at radius 2 is 2.06 bits per heavy atom. The van der Waals surface area contributed by atoms with E-state index in [1.165, 1.54) is 6.07 Å². The van der Waals surface area contributed by atoms with Gasteiger partial charge in [-0.2, -0.15) is 0 Å². The molecule has 1 aromatic carbocycles. The summed E-state index contributed by atoms with van der Waals surface area (Å²) in [6.07, 6.45) is 1.65. The highest BCUT2D eigenvalue weighted by Gasteiger charge is 2.06. The number of benzene rings is 1. The molecule has 0 aliphatic rings. The van der Waals surface area contributed by atoms with Gasteiger partial charge < -0.3 is 5.32 Å². The molecule has 0 saturated heterocycles. The molecule has 17 heavy (non-hydrogen) atoms. The molecule has 88 valence electrons. The van der Waals surface area contributed by atoms with Crippen LogP contribution in [0.15, 0.2) is 36.5 Å². The van der Waals surface area contributed by atoms with Crippen molar-refractivity contribution in [1.29, 1.82) is 0 Å². The number of nitrogens with one attached hydrogen (secondary N) is 1. The normalized spacial score (nSPS) is 10.5. The second kappa shape index (κ2) is 5.50. The molecular formula is C13H14FN3. The largest absolute Gasteiger partial charge is 0.310 e. The monoisotopic (exact) mass is 231 g/mol. The van der Waals surface area contributed by atoms with E-state index < -0.39 is 0 Å². The zero-order chi connectivity index (χ0) is 12.1. The lowest BCUT2D eigenvalue weighted by Gasteiger charge is -2.05. The molecule has 0 atom stereocenters. The quantitative estimate of drug-likeness (QED) is 0.878. The standard InChI is InChI=1S/C13H14FN3/c1-2-15-9-13-16-8-7-12(17-13)10-5-3-4-6-11(10)14/h3-8,15H,2,9H2,1H3. The molecule has 1 N–H and O–H groups in total. The minimum atomic E-state index is -0.263. The highest BCUT2D eigenvalue weighted by molar-refractivity contribution is 5.59. The molecule has 0 saturated carbocycles. The van der Waals surface area contributed by atoms with Gasteiger partial charge in [-0.25, -0.2) is 14.4 Å². The molecule has 0 spiro atoms. The van der Waals surface area contributed by atoms with Crippen LogP contribution in [0, 0.1) is 5.82 Å². The molecule has 0 fully saturated rings. The second-order valence-corrected chi connectivity index (χ2v) is 3.62. The minimum absolute atomic E-state index is 0.263. The van der Waals surface area contributed by atoms with E-state index in [1.807, 2.05) is 6.92 Å². The summed E-state index contributed by atoms with van der Waals surface area (Å²) in [7, 11) is 0. The molecule has 0 bridgehead atoms. The Morgan fingerprint density at radius 1 is 1.24 bits per heavy atom. The molecule has 2 rings (SSSR count). The van der Waals surface area contributed by atoms with Crippen LogP contribution in [0.5, 0.6) is 0 Å². The molecular weight excluding hydrogens is 217 g/mol. The van der Waals surface area contributed by atoms with Gasteiger partial charge >= 0.3 is 0 Å². The predicted octanol–water partition coefficient (Wildman–Crippen LogP) is 2.39. The Morgan fingerprint density at radius 3 is 2.82 bits per heavy atom. The highest BCUT2D eigenvalue weighted by atomic mass is 19.1. The predicted molar refractivity (Wildman–Crippen MR) is 64.8 cm³/mol. The van der Waals surface area contributed by atoms with Crippen LogP contribution >= 0.6 is 0 Å². The molecule has 2 aromatic rings. The average Bonchev–Trinajstić information content (AvgIpc) is 2.37. The third kappa shape index (κ3) is 2.85. The maximum absolute atomic E-state index is 13.6. The van der Waals surface area contributed by atoms with Crippen LogP contribution in [-0.4, -0.2) is 16.5 Å². The van der Waals surface area contributed by atoms with Crippen molar-refractivity contribution in [1.82, 2.24) is 15.3 Å². The Kier molecular flexibility index (Phi) is 3.77. The van der Waals surface area contributed by atoms with Crippen LogP contribution in [0.2, 0.25) is 0 Å². The van der Waals surface area contributed by atoms with E-state index in [1.54, 1.807) is 30.5 Å². The lowest BCUT2D eigenvalue weighted by atomic mass is 10.1. The summed E-state index contributed by atoms with van der Waals surface area (Å²) in [4.78, 5) is 8.46. The van der Waals surface area contributed by atoms with Gasteiger partial charge in [0.25, 0.3) is 0 Å². The summed E-state index contributed by atoms with van der Waals surface area (Å²) < 4.78 is 13.6.